The third kappa shape index (κ3) is 2.42. The predicted octanol–water partition coefficient (Wildman–Crippen LogP) is 1.01. The third-order valence-corrected chi connectivity index (χ3v) is 6.43. The molecule has 1 aliphatic heterocycles. The van der Waals surface area contributed by atoms with Gasteiger partial charge in [-0.3, -0.25) is 0 Å². The highest BCUT2D eigenvalue weighted by Crippen LogP contribution is 2.28. The van der Waals surface area contributed by atoms with E-state index in [0.29, 0.717) is 24.4 Å². The maximum absolute atomic E-state index is 12.3. The minimum absolute atomic E-state index is 0.0658. The highest BCUT2D eigenvalue weighted by atomic mass is 32.2. The van der Waals surface area contributed by atoms with Gasteiger partial charge in [0.05, 0.1) is 6.10 Å². The fourth-order valence-electron chi connectivity index (χ4n) is 1.96. The van der Waals surface area contributed by atoms with Gasteiger partial charge in [0.15, 0.2) is 0 Å². The molecule has 1 fully saturated rings. The Kier molecular flexibility index (Phi) is 3.73. The van der Waals surface area contributed by atoms with Gasteiger partial charge >= 0.3 is 0 Å². The van der Waals surface area contributed by atoms with Crippen molar-refractivity contribution in [2.45, 2.75) is 23.7 Å². The van der Waals surface area contributed by atoms with E-state index in [2.05, 4.69) is 0 Å². The second-order valence-corrected chi connectivity index (χ2v) is 7.68. The molecule has 2 atom stereocenters. The van der Waals surface area contributed by atoms with Gasteiger partial charge in [0.1, 0.15) is 15.2 Å². The third-order valence-electron chi connectivity index (χ3n) is 3.11. The number of aliphatic hydroxyl groups excluding tert-OH is 1. The van der Waals surface area contributed by atoms with Crippen molar-refractivity contribution in [1.82, 2.24) is 4.31 Å². The first-order valence-corrected chi connectivity index (χ1v) is 7.89. The standard InChI is InChI=1S/C11H14N2O3S2/c1-8-7-13(5-4-10(8)14)18(15,16)11-3-2-9(6-12)17-11/h2-3,8,10,14H,4-5,7H2,1H3. The fourth-order valence-corrected chi connectivity index (χ4v) is 4.77. The number of nitrogens with zero attached hydrogens (tertiary/aromatic N) is 2. The molecule has 1 aromatic rings. The van der Waals surface area contributed by atoms with Crippen LogP contribution in [0.3, 0.4) is 0 Å². The topological polar surface area (TPSA) is 81.4 Å². The van der Waals surface area contributed by atoms with Crippen molar-refractivity contribution in [2.24, 2.45) is 5.92 Å². The lowest BCUT2D eigenvalue weighted by molar-refractivity contribution is 0.0629. The van der Waals surface area contributed by atoms with Crippen LogP contribution in [-0.2, 0) is 10.0 Å². The molecule has 5 nitrogen and oxygen atoms in total. The number of hydrogen-bond donors (Lipinski definition) is 1. The van der Waals surface area contributed by atoms with Crippen LogP contribution in [0.4, 0.5) is 0 Å². The van der Waals surface area contributed by atoms with Crippen molar-refractivity contribution in [3.05, 3.63) is 17.0 Å². The summed E-state index contributed by atoms with van der Waals surface area (Å²) in [6, 6.07) is 4.91. The number of thiophene rings is 1. The maximum atomic E-state index is 12.3. The number of nitriles is 1. The molecule has 1 aromatic heterocycles. The Balaban J connectivity index is 2.24. The number of sulfonamides is 1. The van der Waals surface area contributed by atoms with Crippen molar-refractivity contribution in [3.8, 4) is 6.07 Å². The lowest BCUT2D eigenvalue weighted by Gasteiger charge is -2.33. The lowest BCUT2D eigenvalue weighted by Crippen LogP contribution is -2.44. The molecule has 18 heavy (non-hydrogen) atoms. The molecule has 0 spiro atoms. The monoisotopic (exact) mass is 286 g/mol. The normalized spacial score (nSPS) is 25.8. The molecule has 7 heteroatoms. The molecular weight excluding hydrogens is 272 g/mol. The summed E-state index contributed by atoms with van der Waals surface area (Å²) < 4.78 is 26.2. The number of rotatable bonds is 2. The molecule has 2 rings (SSSR count). The first kappa shape index (κ1) is 13.5. The van der Waals surface area contributed by atoms with E-state index in [1.165, 1.54) is 16.4 Å². The van der Waals surface area contributed by atoms with E-state index in [1.54, 1.807) is 0 Å². The molecule has 0 amide bonds. The van der Waals surface area contributed by atoms with Crippen molar-refractivity contribution >= 4 is 21.4 Å². The summed E-state index contributed by atoms with van der Waals surface area (Å²) in [5.41, 5.74) is 0. The maximum Gasteiger partial charge on any atom is 0.252 e. The Morgan fingerprint density at radius 2 is 2.28 bits per heavy atom. The highest BCUT2D eigenvalue weighted by Gasteiger charge is 2.33. The second kappa shape index (κ2) is 4.97. The van der Waals surface area contributed by atoms with Gasteiger partial charge in [-0.15, -0.1) is 11.3 Å². The molecule has 0 saturated carbocycles. The van der Waals surface area contributed by atoms with Crippen LogP contribution in [-0.4, -0.2) is 37.0 Å². The average Bonchev–Trinajstić information content (AvgIpc) is 2.81. The fraction of sp³-hybridized carbons (Fsp3) is 0.545. The van der Waals surface area contributed by atoms with Crippen LogP contribution >= 0.6 is 11.3 Å². The van der Waals surface area contributed by atoms with E-state index in [0.717, 1.165) is 11.3 Å². The molecule has 1 N–H and O–H groups in total. The number of aliphatic hydroxyl groups is 1. The van der Waals surface area contributed by atoms with Gasteiger partial charge in [-0.25, -0.2) is 8.42 Å². The predicted molar refractivity (Wildman–Crippen MR) is 67.6 cm³/mol. The van der Waals surface area contributed by atoms with Gasteiger partial charge in [-0.2, -0.15) is 9.57 Å². The van der Waals surface area contributed by atoms with E-state index in [4.69, 9.17) is 5.26 Å². The summed E-state index contributed by atoms with van der Waals surface area (Å²) in [4.78, 5) is 0.388. The number of hydrogen-bond acceptors (Lipinski definition) is 5. The van der Waals surface area contributed by atoms with Crippen LogP contribution in [0.25, 0.3) is 0 Å². The van der Waals surface area contributed by atoms with Gasteiger partial charge in [0.2, 0.25) is 0 Å². The smallest absolute Gasteiger partial charge is 0.252 e. The van der Waals surface area contributed by atoms with Crippen LogP contribution in [0.15, 0.2) is 16.3 Å². The Labute approximate surface area is 110 Å². The van der Waals surface area contributed by atoms with Crippen LogP contribution in [0.5, 0.6) is 0 Å². The molecule has 1 saturated heterocycles. The van der Waals surface area contributed by atoms with Crippen LogP contribution in [0, 0.1) is 17.2 Å². The van der Waals surface area contributed by atoms with E-state index >= 15 is 0 Å². The zero-order valence-corrected chi connectivity index (χ0v) is 11.5. The quantitative estimate of drug-likeness (QED) is 0.879. The molecule has 2 unspecified atom stereocenters. The largest absolute Gasteiger partial charge is 0.393 e. The summed E-state index contributed by atoms with van der Waals surface area (Å²) in [6.45, 7) is 2.48. The molecule has 0 bridgehead atoms. The summed E-state index contributed by atoms with van der Waals surface area (Å²) in [5.74, 6) is -0.0658. The van der Waals surface area contributed by atoms with Crippen LogP contribution < -0.4 is 0 Å². The van der Waals surface area contributed by atoms with E-state index in [9.17, 15) is 13.5 Å². The Morgan fingerprint density at radius 3 is 2.83 bits per heavy atom. The molecule has 1 aliphatic rings. The summed E-state index contributed by atoms with van der Waals surface area (Å²) >= 11 is 0.982. The second-order valence-electron chi connectivity index (χ2n) is 4.43. The molecule has 0 radical (unpaired) electrons. The summed E-state index contributed by atoms with van der Waals surface area (Å²) in [6.07, 6.45) is 0.0195. The van der Waals surface area contributed by atoms with E-state index in [-0.39, 0.29) is 10.1 Å². The van der Waals surface area contributed by atoms with Crippen molar-refractivity contribution in [3.63, 3.8) is 0 Å². The first-order valence-electron chi connectivity index (χ1n) is 5.63. The Hall–Kier alpha value is -0.940. The molecule has 0 aliphatic carbocycles. The summed E-state index contributed by atoms with van der Waals surface area (Å²) in [5, 5.41) is 18.3. The van der Waals surface area contributed by atoms with Gasteiger partial charge in [-0.1, -0.05) is 6.92 Å². The van der Waals surface area contributed by atoms with Crippen LogP contribution in [0.1, 0.15) is 18.2 Å². The van der Waals surface area contributed by atoms with Crippen LogP contribution in [0.2, 0.25) is 0 Å². The van der Waals surface area contributed by atoms with Crippen molar-refractivity contribution in [2.75, 3.05) is 13.1 Å². The first-order chi connectivity index (χ1) is 8.45. The molecule has 98 valence electrons. The minimum atomic E-state index is -3.52. The van der Waals surface area contributed by atoms with Gasteiger partial charge in [0.25, 0.3) is 10.0 Å². The number of piperidine rings is 1. The van der Waals surface area contributed by atoms with Gasteiger partial charge in [-0.05, 0) is 24.5 Å². The zero-order chi connectivity index (χ0) is 13.3. The summed E-state index contributed by atoms with van der Waals surface area (Å²) in [7, 11) is -3.52. The SMILES string of the molecule is CC1CN(S(=O)(=O)c2ccc(C#N)s2)CCC1O. The average molecular weight is 286 g/mol. The zero-order valence-electron chi connectivity index (χ0n) is 9.91. The van der Waals surface area contributed by atoms with E-state index < -0.39 is 16.1 Å². The van der Waals surface area contributed by atoms with Gasteiger partial charge < -0.3 is 5.11 Å². The van der Waals surface area contributed by atoms with Crippen molar-refractivity contribution < 1.29 is 13.5 Å². The highest BCUT2D eigenvalue weighted by molar-refractivity contribution is 7.91. The lowest BCUT2D eigenvalue weighted by atomic mass is 9.99. The molecular formula is C11H14N2O3S2. The Bertz CT molecular complexity index is 573. The molecule has 0 aromatic carbocycles. The molecule has 2 heterocycles. The van der Waals surface area contributed by atoms with Gasteiger partial charge in [0, 0.05) is 13.1 Å². The Morgan fingerprint density at radius 1 is 1.56 bits per heavy atom. The minimum Gasteiger partial charge on any atom is -0.393 e. The van der Waals surface area contributed by atoms with E-state index in [1.807, 2.05) is 13.0 Å². The van der Waals surface area contributed by atoms with Crippen molar-refractivity contribution in [1.29, 1.82) is 5.26 Å².